The highest BCUT2D eigenvalue weighted by molar-refractivity contribution is 5.77. The van der Waals surface area contributed by atoms with Crippen molar-refractivity contribution in [2.45, 2.75) is 27.2 Å². The number of benzene rings is 1. The molecule has 0 amide bonds. The van der Waals surface area contributed by atoms with E-state index >= 15 is 0 Å². The molecule has 1 aliphatic rings. The first-order valence-electron chi connectivity index (χ1n) is 5.68. The first-order chi connectivity index (χ1) is 7.59. The molecule has 0 N–H and O–H groups in total. The van der Waals surface area contributed by atoms with Crippen molar-refractivity contribution in [1.29, 1.82) is 0 Å². The van der Waals surface area contributed by atoms with Crippen molar-refractivity contribution in [1.82, 2.24) is 0 Å². The quantitative estimate of drug-likeness (QED) is 0.753. The number of rotatable bonds is 3. The highest BCUT2D eigenvalue weighted by Crippen LogP contribution is 2.21. The van der Waals surface area contributed by atoms with Gasteiger partial charge in [0, 0.05) is 12.3 Å². The van der Waals surface area contributed by atoms with Gasteiger partial charge in [0.25, 0.3) is 0 Å². The Hall–Kier alpha value is -1.37. The zero-order valence-corrected chi connectivity index (χ0v) is 10.2. The Morgan fingerprint density at radius 1 is 1.19 bits per heavy atom. The van der Waals surface area contributed by atoms with Crippen LogP contribution in [-0.2, 0) is 11.2 Å². The van der Waals surface area contributed by atoms with Gasteiger partial charge in [-0.1, -0.05) is 55.8 Å². The average molecular weight is 215 g/mol. The van der Waals surface area contributed by atoms with Gasteiger partial charge in [-0.3, -0.25) is 4.79 Å². The summed E-state index contributed by atoms with van der Waals surface area (Å²) in [4.78, 5) is 10.1. The Balaban J connectivity index is 0.000000187. The second-order valence-electron chi connectivity index (χ2n) is 4.34. The van der Waals surface area contributed by atoms with Crippen molar-refractivity contribution in [3.63, 3.8) is 0 Å². The summed E-state index contributed by atoms with van der Waals surface area (Å²) in [6, 6.07) is 10.5. The maximum Gasteiger partial charge on any atom is 0.132 e. The van der Waals surface area contributed by atoms with Crippen LogP contribution < -0.4 is 0 Å². The maximum atomic E-state index is 10.1. The maximum absolute atomic E-state index is 10.1. The molecule has 0 bridgehead atoms. The number of hydrogen-bond acceptors (Lipinski definition) is 1. The topological polar surface area (TPSA) is 17.1 Å². The number of carbonyl (C=O) groups excluding carboxylic acids is 1. The largest absolute Gasteiger partial charge is 0.300 e. The van der Waals surface area contributed by atoms with Crippen LogP contribution in [-0.4, -0.2) is 5.78 Å². The number of allylic oxidation sites excluding steroid dienone is 2. The Morgan fingerprint density at radius 3 is 2.06 bits per heavy atom. The van der Waals surface area contributed by atoms with E-state index in [1.165, 1.54) is 11.1 Å². The van der Waals surface area contributed by atoms with Crippen molar-refractivity contribution in [3.8, 4) is 0 Å². The van der Waals surface area contributed by atoms with Gasteiger partial charge in [0.05, 0.1) is 0 Å². The van der Waals surface area contributed by atoms with E-state index in [9.17, 15) is 4.79 Å². The lowest BCUT2D eigenvalue weighted by Crippen LogP contribution is -1.98. The van der Waals surface area contributed by atoms with Crippen LogP contribution >= 0.6 is 0 Å². The van der Waals surface area contributed by atoms with Gasteiger partial charge < -0.3 is 0 Å². The summed E-state index contributed by atoms with van der Waals surface area (Å²) >= 11 is 0. The minimum Gasteiger partial charge on any atom is -0.300 e. The van der Waals surface area contributed by atoms with Crippen LogP contribution in [0.4, 0.5) is 0 Å². The number of carbonyl (C=O) groups is 1. The molecule has 16 heavy (non-hydrogen) atoms. The first-order valence-corrected chi connectivity index (χ1v) is 5.68. The number of ketones is 1. The SMILES string of the molecule is CC(=O)C(C)C.[CH]1C=C1Cc1ccccc1. The molecule has 0 saturated carbocycles. The average Bonchev–Trinajstić information content (AvgIpc) is 3.04. The van der Waals surface area contributed by atoms with Crippen LogP contribution in [0.5, 0.6) is 0 Å². The molecule has 1 nitrogen and oxygen atoms in total. The molecule has 0 unspecified atom stereocenters. The van der Waals surface area contributed by atoms with Gasteiger partial charge in [-0.25, -0.2) is 0 Å². The van der Waals surface area contributed by atoms with Crippen molar-refractivity contribution < 1.29 is 4.79 Å². The molecule has 0 spiro atoms. The van der Waals surface area contributed by atoms with Crippen LogP contribution in [0.3, 0.4) is 0 Å². The molecule has 0 fully saturated rings. The third-order valence-corrected chi connectivity index (χ3v) is 2.47. The molecule has 1 aromatic rings. The van der Waals surface area contributed by atoms with Crippen LogP contribution in [0, 0.1) is 12.3 Å². The summed E-state index contributed by atoms with van der Waals surface area (Å²) in [7, 11) is 0. The second-order valence-corrected chi connectivity index (χ2v) is 4.34. The van der Waals surface area contributed by atoms with Crippen molar-refractivity contribution in [2.75, 3.05) is 0 Å². The zero-order valence-electron chi connectivity index (χ0n) is 10.2. The van der Waals surface area contributed by atoms with E-state index in [1.54, 1.807) is 6.92 Å². The molecular weight excluding hydrogens is 196 g/mol. The van der Waals surface area contributed by atoms with Crippen LogP contribution in [0.15, 0.2) is 42.0 Å². The minimum absolute atomic E-state index is 0.213. The van der Waals surface area contributed by atoms with E-state index in [2.05, 4.69) is 42.8 Å². The zero-order chi connectivity index (χ0) is 12.0. The monoisotopic (exact) mass is 215 g/mol. The van der Waals surface area contributed by atoms with Crippen molar-refractivity contribution in [2.24, 2.45) is 5.92 Å². The molecular formula is C15H19O. The highest BCUT2D eigenvalue weighted by Gasteiger charge is 2.06. The normalized spacial score (nSPS) is 12.6. The number of hydrogen-bond donors (Lipinski definition) is 0. The summed E-state index contributed by atoms with van der Waals surface area (Å²) in [5.74, 6) is 0.472. The Labute approximate surface area is 98.2 Å². The summed E-state index contributed by atoms with van der Waals surface area (Å²) in [6.45, 7) is 5.38. The second kappa shape index (κ2) is 6.26. The molecule has 0 aliphatic heterocycles. The Kier molecular flexibility index (Phi) is 4.97. The van der Waals surface area contributed by atoms with E-state index in [1.807, 2.05) is 13.8 Å². The van der Waals surface area contributed by atoms with E-state index in [0.29, 0.717) is 0 Å². The van der Waals surface area contributed by atoms with Gasteiger partial charge in [0.15, 0.2) is 0 Å². The van der Waals surface area contributed by atoms with Gasteiger partial charge in [-0.15, -0.1) is 0 Å². The Morgan fingerprint density at radius 2 is 1.69 bits per heavy atom. The molecule has 0 atom stereocenters. The Bertz CT molecular complexity index is 360. The fraction of sp³-hybridized carbons (Fsp3) is 0.333. The van der Waals surface area contributed by atoms with Crippen LogP contribution in [0.25, 0.3) is 0 Å². The summed E-state index contributed by atoms with van der Waals surface area (Å²) < 4.78 is 0. The lowest BCUT2D eigenvalue weighted by Gasteiger charge is -1.93. The third-order valence-electron chi connectivity index (χ3n) is 2.47. The molecule has 1 heteroatoms. The van der Waals surface area contributed by atoms with Gasteiger partial charge in [0.1, 0.15) is 5.78 Å². The molecule has 0 saturated heterocycles. The summed E-state index contributed by atoms with van der Waals surface area (Å²) in [6.07, 6.45) is 5.43. The standard InChI is InChI=1S/C10H9.C5H10O/c1-2-4-9(5-3-1)8-10-6-7-10;1-4(2)5(3)6/h1-7H,8H2;4H,1-3H3. The predicted molar refractivity (Wildman–Crippen MR) is 68.0 cm³/mol. The van der Waals surface area contributed by atoms with Gasteiger partial charge in [0.2, 0.25) is 0 Å². The van der Waals surface area contributed by atoms with E-state index in [4.69, 9.17) is 0 Å². The molecule has 2 rings (SSSR count). The molecule has 1 aliphatic carbocycles. The van der Waals surface area contributed by atoms with Crippen molar-refractivity contribution >= 4 is 5.78 Å². The fourth-order valence-electron chi connectivity index (χ4n) is 1.01. The molecule has 1 radical (unpaired) electrons. The van der Waals surface area contributed by atoms with E-state index in [-0.39, 0.29) is 11.7 Å². The molecule has 0 aromatic heterocycles. The van der Waals surface area contributed by atoms with E-state index < -0.39 is 0 Å². The lowest BCUT2D eigenvalue weighted by atomic mass is 10.1. The molecule has 85 valence electrons. The summed E-state index contributed by atoms with van der Waals surface area (Å²) in [5, 5.41) is 0. The fourth-order valence-corrected chi connectivity index (χ4v) is 1.01. The van der Waals surface area contributed by atoms with Gasteiger partial charge in [-0.05, 0) is 18.9 Å². The predicted octanol–water partition coefficient (Wildman–Crippen LogP) is 3.60. The van der Waals surface area contributed by atoms with E-state index in [0.717, 1.165) is 6.42 Å². The highest BCUT2D eigenvalue weighted by atomic mass is 16.1. The molecule has 1 aromatic carbocycles. The van der Waals surface area contributed by atoms with Gasteiger partial charge in [-0.2, -0.15) is 0 Å². The van der Waals surface area contributed by atoms with Gasteiger partial charge >= 0.3 is 0 Å². The van der Waals surface area contributed by atoms with Crippen molar-refractivity contribution in [3.05, 3.63) is 54.0 Å². The number of Topliss-reactive ketones (excluding diaryl/α,β-unsaturated/α-hetero) is 1. The first kappa shape index (κ1) is 12.7. The smallest absolute Gasteiger partial charge is 0.132 e. The molecule has 0 heterocycles. The minimum atomic E-state index is 0.213. The van der Waals surface area contributed by atoms with Crippen LogP contribution in [0.1, 0.15) is 26.3 Å². The summed E-state index contributed by atoms with van der Waals surface area (Å²) in [5.41, 5.74) is 2.87. The third kappa shape index (κ3) is 5.50. The lowest BCUT2D eigenvalue weighted by molar-refractivity contribution is -0.119. The van der Waals surface area contributed by atoms with Crippen LogP contribution in [0.2, 0.25) is 0 Å².